The third kappa shape index (κ3) is 5.91. The smallest absolute Gasteiger partial charge is 0.261 e. The van der Waals surface area contributed by atoms with Gasteiger partial charge in [-0.05, 0) is 35.8 Å². The van der Waals surface area contributed by atoms with E-state index in [9.17, 15) is 9.59 Å². The predicted octanol–water partition coefficient (Wildman–Crippen LogP) is 2.78. The molecule has 2 N–H and O–H groups in total. The van der Waals surface area contributed by atoms with E-state index in [4.69, 9.17) is 0 Å². The summed E-state index contributed by atoms with van der Waals surface area (Å²) in [6.07, 6.45) is 0.893. The Kier molecular flexibility index (Phi) is 6.99. The van der Waals surface area contributed by atoms with Crippen LogP contribution in [-0.4, -0.2) is 30.7 Å². The molecular formula is C16H18N2O2S2. The second-order valence-corrected chi connectivity index (χ2v) is 6.64. The van der Waals surface area contributed by atoms with Gasteiger partial charge in [0.05, 0.1) is 11.4 Å². The summed E-state index contributed by atoms with van der Waals surface area (Å²) in [7, 11) is 0. The SMILES string of the molecule is O=C(CNC(=O)c1cccs1)NCCCSc1ccccc1. The van der Waals surface area contributed by atoms with Crippen LogP contribution in [-0.2, 0) is 4.79 Å². The van der Waals surface area contributed by atoms with Crippen LogP contribution in [0.1, 0.15) is 16.1 Å². The fourth-order valence-corrected chi connectivity index (χ4v) is 3.24. The predicted molar refractivity (Wildman–Crippen MR) is 91.4 cm³/mol. The molecule has 1 aromatic carbocycles. The van der Waals surface area contributed by atoms with Gasteiger partial charge in [0.2, 0.25) is 5.91 Å². The Labute approximate surface area is 138 Å². The van der Waals surface area contributed by atoms with Crippen LogP contribution in [0.5, 0.6) is 0 Å². The summed E-state index contributed by atoms with van der Waals surface area (Å²) in [5.41, 5.74) is 0. The number of amides is 2. The molecule has 0 saturated heterocycles. The quantitative estimate of drug-likeness (QED) is 0.576. The average Bonchev–Trinajstić information content (AvgIpc) is 3.08. The zero-order chi connectivity index (χ0) is 15.6. The number of hydrogen-bond acceptors (Lipinski definition) is 4. The van der Waals surface area contributed by atoms with Crippen LogP contribution >= 0.6 is 23.1 Å². The Morgan fingerprint density at radius 1 is 1.05 bits per heavy atom. The summed E-state index contributed by atoms with van der Waals surface area (Å²) in [5.74, 6) is 0.589. The first-order chi connectivity index (χ1) is 10.8. The number of carbonyl (C=O) groups excluding carboxylic acids is 2. The van der Waals surface area contributed by atoms with Gasteiger partial charge < -0.3 is 10.6 Å². The van der Waals surface area contributed by atoms with Crippen molar-refractivity contribution in [3.8, 4) is 0 Å². The van der Waals surface area contributed by atoms with E-state index in [2.05, 4.69) is 22.8 Å². The van der Waals surface area contributed by atoms with Crippen LogP contribution in [0.2, 0.25) is 0 Å². The molecule has 0 aliphatic carbocycles. The normalized spacial score (nSPS) is 10.2. The summed E-state index contributed by atoms with van der Waals surface area (Å²) in [5, 5.41) is 7.24. The molecule has 0 bridgehead atoms. The molecule has 6 heteroatoms. The molecule has 0 fully saturated rings. The Balaban J connectivity index is 1.53. The standard InChI is InChI=1S/C16H18N2O2S2/c19-15(12-18-16(20)14-8-4-10-22-14)17-9-5-11-21-13-6-2-1-3-7-13/h1-4,6-8,10H,5,9,11-12H2,(H,17,19)(H,18,20). The minimum Gasteiger partial charge on any atom is -0.355 e. The first-order valence-electron chi connectivity index (χ1n) is 7.02. The van der Waals surface area contributed by atoms with Crippen LogP contribution in [0.4, 0.5) is 0 Å². The minimum absolute atomic E-state index is 0.0164. The van der Waals surface area contributed by atoms with Crippen molar-refractivity contribution >= 4 is 34.9 Å². The van der Waals surface area contributed by atoms with Gasteiger partial charge in [0.15, 0.2) is 0 Å². The first-order valence-corrected chi connectivity index (χ1v) is 8.88. The number of carbonyl (C=O) groups is 2. The Morgan fingerprint density at radius 3 is 2.59 bits per heavy atom. The van der Waals surface area contributed by atoms with E-state index < -0.39 is 0 Å². The van der Waals surface area contributed by atoms with Gasteiger partial charge in [0.1, 0.15) is 0 Å². The number of rotatable bonds is 8. The lowest BCUT2D eigenvalue weighted by atomic mass is 10.4. The molecule has 0 atom stereocenters. The van der Waals surface area contributed by atoms with Crippen molar-refractivity contribution in [2.24, 2.45) is 0 Å². The van der Waals surface area contributed by atoms with Gasteiger partial charge in [-0.25, -0.2) is 0 Å². The Bertz CT molecular complexity index is 585. The van der Waals surface area contributed by atoms with E-state index in [1.54, 1.807) is 17.8 Å². The average molecular weight is 334 g/mol. The van der Waals surface area contributed by atoms with Crippen molar-refractivity contribution in [3.05, 3.63) is 52.7 Å². The van der Waals surface area contributed by atoms with Crippen molar-refractivity contribution in [1.29, 1.82) is 0 Å². The molecule has 22 heavy (non-hydrogen) atoms. The highest BCUT2D eigenvalue weighted by molar-refractivity contribution is 7.99. The summed E-state index contributed by atoms with van der Waals surface area (Å²) in [4.78, 5) is 25.1. The molecule has 0 unspecified atom stereocenters. The van der Waals surface area contributed by atoms with Crippen LogP contribution in [0.15, 0.2) is 52.7 Å². The van der Waals surface area contributed by atoms with Crippen LogP contribution in [0.25, 0.3) is 0 Å². The van der Waals surface area contributed by atoms with E-state index in [0.717, 1.165) is 12.2 Å². The van der Waals surface area contributed by atoms with E-state index in [-0.39, 0.29) is 18.4 Å². The minimum atomic E-state index is -0.204. The van der Waals surface area contributed by atoms with Gasteiger partial charge in [0, 0.05) is 11.4 Å². The Hall–Kier alpha value is -1.79. The van der Waals surface area contributed by atoms with Crippen LogP contribution in [0, 0.1) is 0 Å². The third-order valence-electron chi connectivity index (χ3n) is 2.81. The number of thioether (sulfide) groups is 1. The van der Waals surface area contributed by atoms with Gasteiger partial charge in [-0.3, -0.25) is 9.59 Å². The van der Waals surface area contributed by atoms with Gasteiger partial charge >= 0.3 is 0 Å². The number of benzene rings is 1. The molecule has 0 aliphatic heterocycles. The molecule has 4 nitrogen and oxygen atoms in total. The lowest BCUT2D eigenvalue weighted by molar-refractivity contribution is -0.120. The molecule has 0 aliphatic rings. The highest BCUT2D eigenvalue weighted by Crippen LogP contribution is 2.17. The van der Waals surface area contributed by atoms with Gasteiger partial charge in [-0.2, -0.15) is 0 Å². The number of hydrogen-bond donors (Lipinski definition) is 2. The highest BCUT2D eigenvalue weighted by Gasteiger charge is 2.08. The van der Waals surface area contributed by atoms with Crippen molar-refractivity contribution < 1.29 is 9.59 Å². The zero-order valence-electron chi connectivity index (χ0n) is 12.1. The Morgan fingerprint density at radius 2 is 1.86 bits per heavy atom. The van der Waals surface area contributed by atoms with Gasteiger partial charge in [-0.15, -0.1) is 23.1 Å². The number of thiophene rings is 1. The van der Waals surface area contributed by atoms with E-state index in [1.807, 2.05) is 29.6 Å². The van der Waals surface area contributed by atoms with E-state index in [1.165, 1.54) is 16.2 Å². The van der Waals surface area contributed by atoms with Gasteiger partial charge in [0.25, 0.3) is 5.91 Å². The summed E-state index contributed by atoms with van der Waals surface area (Å²) < 4.78 is 0. The lowest BCUT2D eigenvalue weighted by Gasteiger charge is -2.06. The highest BCUT2D eigenvalue weighted by atomic mass is 32.2. The van der Waals surface area contributed by atoms with Crippen molar-refractivity contribution in [3.63, 3.8) is 0 Å². The lowest BCUT2D eigenvalue weighted by Crippen LogP contribution is -2.37. The molecule has 2 amide bonds. The maximum atomic E-state index is 11.7. The third-order valence-corrected chi connectivity index (χ3v) is 4.78. The van der Waals surface area contributed by atoms with Crippen LogP contribution < -0.4 is 10.6 Å². The first kappa shape index (κ1) is 16.6. The fourth-order valence-electron chi connectivity index (χ4n) is 1.72. The fraction of sp³-hybridized carbons (Fsp3) is 0.250. The van der Waals surface area contributed by atoms with Crippen molar-refractivity contribution in [2.45, 2.75) is 11.3 Å². The van der Waals surface area contributed by atoms with E-state index >= 15 is 0 Å². The molecule has 0 saturated carbocycles. The molecule has 116 valence electrons. The molecule has 0 radical (unpaired) electrons. The molecule has 2 aromatic rings. The van der Waals surface area contributed by atoms with E-state index in [0.29, 0.717) is 11.4 Å². The maximum Gasteiger partial charge on any atom is 0.261 e. The largest absolute Gasteiger partial charge is 0.355 e. The molecule has 0 spiro atoms. The van der Waals surface area contributed by atoms with Crippen molar-refractivity contribution in [1.82, 2.24) is 10.6 Å². The summed E-state index contributed by atoms with van der Waals surface area (Å²) in [6.45, 7) is 0.635. The molecule has 1 heterocycles. The molecule has 1 aromatic heterocycles. The van der Waals surface area contributed by atoms with Gasteiger partial charge in [-0.1, -0.05) is 24.3 Å². The topological polar surface area (TPSA) is 58.2 Å². The molecular weight excluding hydrogens is 316 g/mol. The monoisotopic (exact) mass is 334 g/mol. The number of nitrogens with one attached hydrogen (secondary N) is 2. The van der Waals surface area contributed by atoms with Crippen LogP contribution in [0.3, 0.4) is 0 Å². The summed E-state index contributed by atoms with van der Waals surface area (Å²) in [6, 6.07) is 13.7. The van der Waals surface area contributed by atoms with Crippen molar-refractivity contribution in [2.75, 3.05) is 18.8 Å². The molecule has 2 rings (SSSR count). The zero-order valence-corrected chi connectivity index (χ0v) is 13.7. The summed E-state index contributed by atoms with van der Waals surface area (Å²) >= 11 is 3.13. The second-order valence-electron chi connectivity index (χ2n) is 4.52. The maximum absolute atomic E-state index is 11.7. The second kappa shape index (κ2) is 9.27.